The van der Waals surface area contributed by atoms with Crippen LogP contribution in [0.1, 0.15) is 52.0 Å². The first-order valence-corrected chi connectivity index (χ1v) is 12.1. The Morgan fingerprint density at radius 1 is 1.31 bits per heavy atom. The molecule has 2 aromatic heterocycles. The van der Waals surface area contributed by atoms with Crippen molar-refractivity contribution in [1.29, 1.82) is 0 Å². The summed E-state index contributed by atoms with van der Waals surface area (Å²) in [6.45, 7) is 3.76. The van der Waals surface area contributed by atoms with E-state index in [9.17, 15) is 9.18 Å². The molecule has 32 heavy (non-hydrogen) atoms. The lowest BCUT2D eigenvalue weighted by atomic mass is 9.87. The highest BCUT2D eigenvalue weighted by Crippen LogP contribution is 2.55. The number of fused-ring (bicyclic) bond motifs is 3. The van der Waals surface area contributed by atoms with E-state index in [1.165, 1.54) is 48.9 Å². The molecule has 0 spiro atoms. The van der Waals surface area contributed by atoms with E-state index in [1.807, 2.05) is 13.8 Å². The third-order valence-corrected chi connectivity index (χ3v) is 7.98. The first kappa shape index (κ1) is 21.2. The van der Waals surface area contributed by atoms with Gasteiger partial charge in [-0.25, -0.2) is 14.4 Å². The van der Waals surface area contributed by atoms with Gasteiger partial charge in [-0.15, -0.1) is 0 Å². The molecule has 0 saturated heterocycles. The standard InChI is InChI=1S/C23H27FN6OS/c1-13(2)30-20-18(11-26-22(25)28-20)27-19(21(30)31)15-3-4-17(16(24)9-15)29-32-12-23-7-5-14(10-23)6-8-23/h3-4,9,11,13-14,29H,5-8,10,12H2,1-2H3,(H2,25,26,28). The number of rotatable bonds is 6. The molecule has 3 N–H and O–H groups in total. The molecule has 9 heteroatoms. The van der Waals surface area contributed by atoms with Crippen LogP contribution in [0.5, 0.6) is 0 Å². The van der Waals surface area contributed by atoms with Crippen LogP contribution in [-0.2, 0) is 0 Å². The molecule has 0 amide bonds. The summed E-state index contributed by atoms with van der Waals surface area (Å²) in [7, 11) is 0. The Balaban J connectivity index is 1.41. The van der Waals surface area contributed by atoms with Gasteiger partial charge in [0.2, 0.25) is 5.95 Å². The van der Waals surface area contributed by atoms with Gasteiger partial charge in [0.15, 0.2) is 5.65 Å². The molecular formula is C23H27FN6OS. The van der Waals surface area contributed by atoms with Gasteiger partial charge in [0.1, 0.15) is 17.0 Å². The average molecular weight is 455 g/mol. The molecule has 0 aliphatic heterocycles. The molecule has 2 bridgehead atoms. The molecule has 2 aliphatic carbocycles. The van der Waals surface area contributed by atoms with Crippen molar-refractivity contribution >= 4 is 34.7 Å². The Hall–Kier alpha value is -2.68. The van der Waals surface area contributed by atoms with Crippen LogP contribution in [0, 0.1) is 17.2 Å². The van der Waals surface area contributed by atoms with Gasteiger partial charge in [-0.2, -0.15) is 4.98 Å². The van der Waals surface area contributed by atoms with Gasteiger partial charge >= 0.3 is 0 Å². The number of nitrogens with one attached hydrogen (secondary N) is 1. The van der Waals surface area contributed by atoms with E-state index >= 15 is 0 Å². The normalized spacial score (nSPS) is 22.2. The Labute approximate surface area is 190 Å². The van der Waals surface area contributed by atoms with E-state index in [0.29, 0.717) is 27.8 Å². The monoisotopic (exact) mass is 454 g/mol. The highest BCUT2D eigenvalue weighted by molar-refractivity contribution is 8.00. The molecule has 2 heterocycles. The van der Waals surface area contributed by atoms with Crippen LogP contribution >= 0.6 is 11.9 Å². The van der Waals surface area contributed by atoms with Gasteiger partial charge in [-0.05, 0) is 69.4 Å². The van der Waals surface area contributed by atoms with Gasteiger partial charge in [0.25, 0.3) is 5.56 Å². The minimum absolute atomic E-state index is 0.0742. The van der Waals surface area contributed by atoms with Crippen LogP contribution in [0.3, 0.4) is 0 Å². The van der Waals surface area contributed by atoms with Gasteiger partial charge in [-0.1, -0.05) is 18.0 Å². The van der Waals surface area contributed by atoms with Crippen molar-refractivity contribution in [1.82, 2.24) is 19.5 Å². The zero-order valence-corrected chi connectivity index (χ0v) is 19.1. The Morgan fingerprint density at radius 3 is 2.75 bits per heavy atom. The highest BCUT2D eigenvalue weighted by Gasteiger charge is 2.44. The van der Waals surface area contributed by atoms with Crippen LogP contribution in [0.25, 0.3) is 22.4 Å². The maximum absolute atomic E-state index is 14.9. The summed E-state index contributed by atoms with van der Waals surface area (Å²) in [5.41, 5.74) is 7.61. The van der Waals surface area contributed by atoms with E-state index in [-0.39, 0.29) is 23.2 Å². The zero-order valence-electron chi connectivity index (χ0n) is 18.3. The minimum atomic E-state index is -0.408. The van der Waals surface area contributed by atoms with Crippen LogP contribution in [-0.4, -0.2) is 25.3 Å². The third-order valence-electron chi connectivity index (χ3n) is 6.86. The molecule has 2 saturated carbocycles. The lowest BCUT2D eigenvalue weighted by molar-refractivity contribution is 0.341. The number of nitrogens with two attached hydrogens (primary N) is 1. The van der Waals surface area contributed by atoms with Gasteiger partial charge in [-0.3, -0.25) is 9.36 Å². The molecule has 0 atom stereocenters. The number of hydrogen-bond acceptors (Lipinski definition) is 7. The topological polar surface area (TPSA) is 98.7 Å². The largest absolute Gasteiger partial charge is 0.368 e. The molecule has 168 valence electrons. The summed E-state index contributed by atoms with van der Waals surface area (Å²) in [5, 5.41) is 0. The second-order valence-corrected chi connectivity index (χ2v) is 10.2. The van der Waals surface area contributed by atoms with E-state index in [4.69, 9.17) is 5.73 Å². The smallest absolute Gasteiger partial charge is 0.278 e. The summed E-state index contributed by atoms with van der Waals surface area (Å²) >= 11 is 1.58. The van der Waals surface area contributed by atoms with Gasteiger partial charge in [0.05, 0.1) is 11.9 Å². The van der Waals surface area contributed by atoms with Gasteiger partial charge < -0.3 is 10.5 Å². The van der Waals surface area contributed by atoms with Crippen molar-refractivity contribution in [2.24, 2.45) is 11.3 Å². The molecule has 2 aliphatic rings. The summed E-state index contributed by atoms with van der Waals surface area (Å²) in [6.07, 6.45) is 8.06. The van der Waals surface area contributed by atoms with Crippen molar-refractivity contribution in [3.05, 3.63) is 40.6 Å². The molecule has 7 nitrogen and oxygen atoms in total. The first-order chi connectivity index (χ1) is 15.3. The molecule has 3 aromatic rings. The fraction of sp³-hybridized carbons (Fsp3) is 0.478. The number of hydrogen-bond donors (Lipinski definition) is 2. The molecule has 1 aromatic carbocycles. The number of nitrogen functional groups attached to an aromatic ring is 1. The summed E-state index contributed by atoms with van der Waals surface area (Å²) in [5.74, 6) is 1.57. The fourth-order valence-electron chi connectivity index (χ4n) is 5.21. The highest BCUT2D eigenvalue weighted by atomic mass is 32.2. The van der Waals surface area contributed by atoms with Crippen molar-refractivity contribution in [3.63, 3.8) is 0 Å². The lowest BCUT2D eigenvalue weighted by Crippen LogP contribution is -2.26. The molecule has 5 rings (SSSR count). The van der Waals surface area contributed by atoms with Crippen LogP contribution in [0.2, 0.25) is 0 Å². The van der Waals surface area contributed by atoms with Crippen LogP contribution in [0.4, 0.5) is 16.0 Å². The number of anilines is 2. The third kappa shape index (κ3) is 3.72. The zero-order chi connectivity index (χ0) is 22.5. The molecule has 0 radical (unpaired) electrons. The van der Waals surface area contributed by atoms with Gasteiger partial charge in [0, 0.05) is 17.4 Å². The average Bonchev–Trinajstić information content (AvgIpc) is 3.35. The van der Waals surface area contributed by atoms with E-state index in [0.717, 1.165) is 11.7 Å². The number of benzene rings is 1. The van der Waals surface area contributed by atoms with E-state index in [1.54, 1.807) is 24.1 Å². The summed E-state index contributed by atoms with van der Waals surface area (Å²) in [4.78, 5) is 25.8. The number of halogens is 1. The Bertz CT molecular complexity index is 1240. The van der Waals surface area contributed by atoms with Crippen LogP contribution in [0.15, 0.2) is 29.2 Å². The fourth-order valence-corrected chi connectivity index (χ4v) is 6.31. The maximum Gasteiger partial charge on any atom is 0.278 e. The quantitative estimate of drug-likeness (QED) is 0.516. The molecular weight excluding hydrogens is 427 g/mol. The van der Waals surface area contributed by atoms with E-state index < -0.39 is 5.82 Å². The molecule has 0 unspecified atom stereocenters. The van der Waals surface area contributed by atoms with E-state index in [2.05, 4.69) is 19.7 Å². The summed E-state index contributed by atoms with van der Waals surface area (Å²) in [6, 6.07) is 4.59. The van der Waals surface area contributed by atoms with Crippen molar-refractivity contribution < 1.29 is 4.39 Å². The minimum Gasteiger partial charge on any atom is -0.368 e. The predicted octanol–water partition coefficient (Wildman–Crippen LogP) is 4.80. The lowest BCUT2D eigenvalue weighted by Gasteiger charge is -2.25. The Kier molecular flexibility index (Phi) is 5.31. The first-order valence-electron chi connectivity index (χ1n) is 11.1. The van der Waals surface area contributed by atoms with Crippen molar-refractivity contribution in [2.75, 3.05) is 16.2 Å². The maximum atomic E-state index is 14.9. The predicted molar refractivity (Wildman–Crippen MR) is 127 cm³/mol. The second kappa shape index (κ2) is 8.03. The number of aromatic nitrogens is 4. The molecule has 2 fully saturated rings. The SMILES string of the molecule is CC(C)n1c(=O)c(-c2ccc(NSCC34CCC(CC3)C4)c(F)c2)nc2cnc(N)nc21. The van der Waals surface area contributed by atoms with Crippen molar-refractivity contribution in [2.45, 2.75) is 52.0 Å². The second-order valence-electron chi connectivity index (χ2n) is 9.40. The summed E-state index contributed by atoms with van der Waals surface area (Å²) < 4.78 is 19.6. The van der Waals surface area contributed by atoms with Crippen LogP contribution < -0.4 is 16.0 Å². The Morgan fingerprint density at radius 2 is 2.09 bits per heavy atom. The number of nitrogens with zero attached hydrogens (tertiary/aromatic N) is 4. The van der Waals surface area contributed by atoms with Crippen molar-refractivity contribution in [3.8, 4) is 11.3 Å².